The Hall–Kier alpha value is -2.34. The number of carbonyl (C=O) groups excluding carboxylic acids is 1. The van der Waals surface area contributed by atoms with E-state index in [1.165, 1.54) is 41.1 Å². The number of nitrogens with zero attached hydrogens (tertiary/aromatic N) is 1. The summed E-state index contributed by atoms with van der Waals surface area (Å²) in [7, 11) is 0. The molecule has 0 spiro atoms. The first kappa shape index (κ1) is 21.4. The van der Waals surface area contributed by atoms with Gasteiger partial charge in [-0.25, -0.2) is 0 Å². The monoisotopic (exact) mass is 412 g/mol. The third-order valence-electron chi connectivity index (χ3n) is 5.37. The lowest BCUT2D eigenvalue weighted by Gasteiger charge is -2.32. The maximum absolute atomic E-state index is 12.7. The van der Waals surface area contributed by atoms with E-state index in [0.717, 1.165) is 19.3 Å². The minimum Gasteiger partial charge on any atom is -0.348 e. The Labute approximate surface area is 176 Å². The third kappa shape index (κ3) is 5.60. The molecule has 0 aliphatic heterocycles. The van der Waals surface area contributed by atoms with Crippen LogP contribution in [0.15, 0.2) is 53.4 Å². The normalized spacial score (nSPS) is 19.6. The molecule has 1 amide bonds. The fourth-order valence-corrected chi connectivity index (χ4v) is 4.89. The van der Waals surface area contributed by atoms with Gasteiger partial charge in [0.2, 0.25) is 0 Å². The maximum atomic E-state index is 12.7. The van der Waals surface area contributed by atoms with E-state index >= 15 is 0 Å². The molecule has 1 N–H and O–H groups in total. The smallest absolute Gasteiger partial charge is 0.269 e. The fourth-order valence-electron chi connectivity index (χ4n) is 3.60. The highest BCUT2D eigenvalue weighted by molar-refractivity contribution is 8.00. The summed E-state index contributed by atoms with van der Waals surface area (Å²) in [4.78, 5) is 24.2. The lowest BCUT2D eigenvalue weighted by molar-refractivity contribution is -0.384. The van der Waals surface area contributed by atoms with Crippen LogP contribution in [-0.2, 0) is 5.41 Å². The number of non-ortho nitro benzene ring substituents is 1. The summed E-state index contributed by atoms with van der Waals surface area (Å²) in [5.74, 6) is -0.166. The molecule has 3 rings (SSSR count). The molecule has 1 aliphatic carbocycles. The van der Waals surface area contributed by atoms with Crippen LogP contribution in [0.4, 0.5) is 5.69 Å². The molecule has 2 aromatic rings. The zero-order valence-electron chi connectivity index (χ0n) is 17.2. The molecule has 5 nitrogen and oxygen atoms in total. The Kier molecular flexibility index (Phi) is 6.63. The average Bonchev–Trinajstić information content (AvgIpc) is 2.69. The molecule has 0 aromatic heterocycles. The van der Waals surface area contributed by atoms with Gasteiger partial charge in [0.15, 0.2) is 0 Å². The van der Waals surface area contributed by atoms with Gasteiger partial charge in [0.1, 0.15) is 0 Å². The number of amides is 1. The minimum atomic E-state index is -0.458. The summed E-state index contributed by atoms with van der Waals surface area (Å²) in [5.41, 5.74) is 1.90. The molecule has 1 aliphatic rings. The Balaban J connectivity index is 1.66. The molecule has 1 fully saturated rings. The Morgan fingerprint density at radius 3 is 2.24 bits per heavy atom. The van der Waals surface area contributed by atoms with Gasteiger partial charge in [0.05, 0.1) is 4.92 Å². The largest absolute Gasteiger partial charge is 0.348 e. The van der Waals surface area contributed by atoms with Crippen molar-refractivity contribution in [3.05, 3.63) is 69.8 Å². The maximum Gasteiger partial charge on any atom is 0.269 e. The van der Waals surface area contributed by atoms with Gasteiger partial charge in [-0.1, -0.05) is 45.7 Å². The molecule has 29 heavy (non-hydrogen) atoms. The van der Waals surface area contributed by atoms with Crippen LogP contribution in [0.25, 0.3) is 0 Å². The van der Waals surface area contributed by atoms with Gasteiger partial charge in [-0.05, 0) is 48.1 Å². The lowest BCUT2D eigenvalue weighted by atomic mass is 9.87. The van der Waals surface area contributed by atoms with E-state index in [1.54, 1.807) is 0 Å². The molecule has 154 valence electrons. The number of benzene rings is 2. The van der Waals surface area contributed by atoms with Crippen molar-refractivity contribution >= 4 is 23.4 Å². The molecule has 0 radical (unpaired) electrons. The van der Waals surface area contributed by atoms with Gasteiger partial charge in [-0.3, -0.25) is 14.9 Å². The molecular formula is C23H28N2O3S. The molecule has 0 unspecified atom stereocenters. The highest BCUT2D eigenvalue weighted by Crippen LogP contribution is 2.35. The van der Waals surface area contributed by atoms with E-state index in [-0.39, 0.29) is 23.1 Å². The summed E-state index contributed by atoms with van der Waals surface area (Å²) in [6, 6.07) is 14.6. The van der Waals surface area contributed by atoms with Gasteiger partial charge < -0.3 is 5.32 Å². The molecule has 2 atom stereocenters. The zero-order chi connectivity index (χ0) is 21.0. The summed E-state index contributed by atoms with van der Waals surface area (Å²) < 4.78 is 0. The van der Waals surface area contributed by atoms with Crippen LogP contribution in [0, 0.1) is 10.1 Å². The fraction of sp³-hybridized carbons (Fsp3) is 0.435. The van der Waals surface area contributed by atoms with Crippen LogP contribution in [0.5, 0.6) is 0 Å². The van der Waals surface area contributed by atoms with E-state index in [2.05, 4.69) is 50.4 Å². The number of rotatable bonds is 5. The summed E-state index contributed by atoms with van der Waals surface area (Å²) in [5, 5.41) is 14.3. The van der Waals surface area contributed by atoms with Crippen molar-refractivity contribution in [3.63, 3.8) is 0 Å². The average molecular weight is 413 g/mol. The van der Waals surface area contributed by atoms with Gasteiger partial charge in [-0.2, -0.15) is 0 Å². The number of hydrogen-bond acceptors (Lipinski definition) is 4. The minimum absolute atomic E-state index is 0.00801. The second-order valence-corrected chi connectivity index (χ2v) is 9.91. The van der Waals surface area contributed by atoms with Crippen molar-refractivity contribution in [1.29, 1.82) is 0 Å². The molecule has 1 saturated carbocycles. The summed E-state index contributed by atoms with van der Waals surface area (Å²) >= 11 is 1.83. The second kappa shape index (κ2) is 8.99. The van der Waals surface area contributed by atoms with E-state index in [9.17, 15) is 14.9 Å². The van der Waals surface area contributed by atoms with Crippen molar-refractivity contribution in [2.75, 3.05) is 0 Å². The molecule has 0 heterocycles. The predicted molar refractivity (Wildman–Crippen MR) is 118 cm³/mol. The van der Waals surface area contributed by atoms with Crippen LogP contribution < -0.4 is 5.32 Å². The SMILES string of the molecule is CC(C)(C)c1ccc(S[C@H]2CCCC[C@@H]2NC(=O)c2ccc([N+](=O)[O-])cc2)cc1. The summed E-state index contributed by atoms with van der Waals surface area (Å²) in [6.07, 6.45) is 4.29. The van der Waals surface area contributed by atoms with Crippen molar-refractivity contribution in [2.45, 2.75) is 68.1 Å². The van der Waals surface area contributed by atoms with Crippen molar-refractivity contribution < 1.29 is 9.72 Å². The molecule has 2 aromatic carbocycles. The first-order valence-corrected chi connectivity index (χ1v) is 10.9. The van der Waals surface area contributed by atoms with Gasteiger partial charge in [0.25, 0.3) is 11.6 Å². The quantitative estimate of drug-likeness (QED) is 0.503. The van der Waals surface area contributed by atoms with E-state index in [0.29, 0.717) is 10.8 Å². The van der Waals surface area contributed by atoms with Gasteiger partial charge in [-0.15, -0.1) is 11.8 Å². The Morgan fingerprint density at radius 2 is 1.66 bits per heavy atom. The van der Waals surface area contributed by atoms with Crippen molar-refractivity contribution in [1.82, 2.24) is 5.32 Å². The number of nitro benzene ring substituents is 1. The van der Waals surface area contributed by atoms with Crippen LogP contribution >= 0.6 is 11.8 Å². The van der Waals surface area contributed by atoms with Crippen LogP contribution in [0.2, 0.25) is 0 Å². The third-order valence-corrected chi connectivity index (χ3v) is 6.78. The molecule has 0 bridgehead atoms. The standard InChI is InChI=1S/C23H28N2O3S/c1-23(2,3)17-10-14-19(15-11-17)29-21-7-5-4-6-20(21)24-22(26)16-8-12-18(13-9-16)25(27)28/h8-15,20-21H,4-7H2,1-3H3,(H,24,26)/t20-,21-/m0/s1. The lowest BCUT2D eigenvalue weighted by Crippen LogP contribution is -2.43. The second-order valence-electron chi connectivity index (χ2n) is 8.60. The highest BCUT2D eigenvalue weighted by atomic mass is 32.2. The number of carbonyl (C=O) groups is 1. The van der Waals surface area contributed by atoms with E-state index in [1.807, 2.05) is 11.8 Å². The number of thioether (sulfide) groups is 1. The summed E-state index contributed by atoms with van der Waals surface area (Å²) in [6.45, 7) is 6.63. The predicted octanol–water partition coefficient (Wildman–Crippen LogP) is 5.73. The van der Waals surface area contributed by atoms with Crippen molar-refractivity contribution in [2.24, 2.45) is 0 Å². The van der Waals surface area contributed by atoms with Gasteiger partial charge >= 0.3 is 0 Å². The topological polar surface area (TPSA) is 72.2 Å². The van der Waals surface area contributed by atoms with Crippen LogP contribution in [-0.4, -0.2) is 22.1 Å². The molecule has 6 heteroatoms. The van der Waals surface area contributed by atoms with E-state index in [4.69, 9.17) is 0 Å². The van der Waals surface area contributed by atoms with Crippen LogP contribution in [0.1, 0.15) is 62.4 Å². The number of hydrogen-bond donors (Lipinski definition) is 1. The van der Waals surface area contributed by atoms with Gasteiger partial charge in [0, 0.05) is 33.9 Å². The first-order valence-electron chi connectivity index (χ1n) is 10.1. The van der Waals surface area contributed by atoms with E-state index < -0.39 is 4.92 Å². The van der Waals surface area contributed by atoms with Crippen molar-refractivity contribution in [3.8, 4) is 0 Å². The molecular weight excluding hydrogens is 384 g/mol. The number of nitrogens with one attached hydrogen (secondary N) is 1. The zero-order valence-corrected chi connectivity index (χ0v) is 18.0. The number of nitro groups is 1. The highest BCUT2D eigenvalue weighted by Gasteiger charge is 2.28. The van der Waals surface area contributed by atoms with Crippen LogP contribution in [0.3, 0.4) is 0 Å². The Bertz CT molecular complexity index is 857. The Morgan fingerprint density at radius 1 is 1.03 bits per heavy atom. The molecule has 0 saturated heterocycles. The first-order chi connectivity index (χ1) is 13.7.